The van der Waals surface area contributed by atoms with Crippen LogP contribution in [0.3, 0.4) is 0 Å². The average molecular weight is 436 g/mol. The van der Waals surface area contributed by atoms with Crippen molar-refractivity contribution in [3.63, 3.8) is 0 Å². The predicted octanol–water partition coefficient (Wildman–Crippen LogP) is 4.58. The number of nitrogens with zero attached hydrogens (tertiary/aromatic N) is 4. The maximum Gasteiger partial charge on any atom is 0.298 e. The van der Waals surface area contributed by atoms with E-state index in [1.54, 1.807) is 10.9 Å². The molecule has 0 aliphatic carbocycles. The van der Waals surface area contributed by atoms with Crippen LogP contribution in [0.25, 0.3) is 11.1 Å². The van der Waals surface area contributed by atoms with Gasteiger partial charge in [0.05, 0.1) is 12.7 Å². The van der Waals surface area contributed by atoms with Crippen molar-refractivity contribution in [1.82, 2.24) is 14.8 Å². The Morgan fingerprint density at radius 1 is 1.10 bits per heavy atom. The maximum atomic E-state index is 12.9. The molecule has 1 amide bonds. The molecule has 158 valence electrons. The molecule has 1 aliphatic heterocycles. The molecule has 2 aromatic heterocycles. The van der Waals surface area contributed by atoms with Gasteiger partial charge in [0.25, 0.3) is 6.01 Å². The van der Waals surface area contributed by atoms with E-state index in [-0.39, 0.29) is 11.8 Å². The van der Waals surface area contributed by atoms with Gasteiger partial charge in [-0.1, -0.05) is 35.9 Å². The van der Waals surface area contributed by atoms with Gasteiger partial charge in [-0.25, -0.2) is 4.68 Å². The summed E-state index contributed by atoms with van der Waals surface area (Å²) in [6.07, 6.45) is 3.19. The third-order valence-corrected chi connectivity index (χ3v) is 5.88. The van der Waals surface area contributed by atoms with Crippen LogP contribution in [-0.2, 0) is 11.3 Å². The second-order valence-electron chi connectivity index (χ2n) is 7.72. The summed E-state index contributed by atoms with van der Waals surface area (Å²) in [7, 11) is 0. The summed E-state index contributed by atoms with van der Waals surface area (Å²) >= 11 is 5.96. The van der Waals surface area contributed by atoms with E-state index in [9.17, 15) is 4.79 Å². The van der Waals surface area contributed by atoms with Crippen LogP contribution in [0.2, 0.25) is 5.02 Å². The minimum atomic E-state index is -0.0560. The predicted molar refractivity (Wildman–Crippen MR) is 120 cm³/mol. The van der Waals surface area contributed by atoms with Crippen molar-refractivity contribution in [2.75, 3.05) is 23.3 Å². The summed E-state index contributed by atoms with van der Waals surface area (Å²) in [5.41, 5.74) is 2.70. The number of anilines is 2. The standard InChI is InChI=1S/C23H22ClN5O2/c24-18-7-5-16(6-8-18)15-29-21(9-12-25-29)27-22(30)17-10-13-28(14-11-17)23-26-19-3-1-2-4-20(19)31-23/h1-9,12,17H,10-11,13-15H2,(H,27,30). The Morgan fingerprint density at radius 2 is 1.87 bits per heavy atom. The van der Waals surface area contributed by atoms with Crippen LogP contribution in [-0.4, -0.2) is 33.8 Å². The molecule has 0 bridgehead atoms. The summed E-state index contributed by atoms with van der Waals surface area (Å²) in [6.45, 7) is 2.03. The van der Waals surface area contributed by atoms with E-state index in [0.717, 1.165) is 42.6 Å². The number of nitrogens with one attached hydrogen (secondary N) is 1. The summed E-state index contributed by atoms with van der Waals surface area (Å²) in [4.78, 5) is 19.5. The fraction of sp³-hybridized carbons (Fsp3) is 0.261. The van der Waals surface area contributed by atoms with Gasteiger partial charge in [0.1, 0.15) is 11.3 Å². The fourth-order valence-electron chi connectivity index (χ4n) is 3.88. The number of halogens is 1. The molecule has 1 fully saturated rings. The molecule has 7 nitrogen and oxygen atoms in total. The number of amides is 1. The lowest BCUT2D eigenvalue weighted by Gasteiger charge is -2.30. The van der Waals surface area contributed by atoms with Crippen molar-refractivity contribution >= 4 is 40.4 Å². The van der Waals surface area contributed by atoms with Gasteiger partial charge >= 0.3 is 0 Å². The zero-order valence-electron chi connectivity index (χ0n) is 16.9. The smallest absolute Gasteiger partial charge is 0.298 e. The number of carbonyl (C=O) groups is 1. The first-order valence-electron chi connectivity index (χ1n) is 10.3. The summed E-state index contributed by atoms with van der Waals surface area (Å²) in [6, 6.07) is 17.8. The SMILES string of the molecule is O=C(Nc1ccnn1Cc1ccc(Cl)cc1)C1CCN(c2nc3ccccc3o2)CC1. The molecule has 2 aromatic carbocycles. The van der Waals surface area contributed by atoms with E-state index in [2.05, 4.69) is 20.3 Å². The highest BCUT2D eigenvalue weighted by Crippen LogP contribution is 2.27. The van der Waals surface area contributed by atoms with Crippen molar-refractivity contribution in [2.24, 2.45) is 5.92 Å². The first-order valence-corrected chi connectivity index (χ1v) is 10.7. The van der Waals surface area contributed by atoms with Gasteiger partial charge < -0.3 is 14.6 Å². The van der Waals surface area contributed by atoms with E-state index in [1.807, 2.05) is 54.6 Å². The lowest BCUT2D eigenvalue weighted by molar-refractivity contribution is -0.120. The molecule has 1 saturated heterocycles. The minimum Gasteiger partial charge on any atom is -0.423 e. The van der Waals surface area contributed by atoms with Gasteiger partial charge in [0, 0.05) is 30.1 Å². The van der Waals surface area contributed by atoms with Crippen LogP contribution in [0.4, 0.5) is 11.8 Å². The Bertz CT molecular complexity index is 1160. The van der Waals surface area contributed by atoms with Crippen molar-refractivity contribution in [3.8, 4) is 0 Å². The van der Waals surface area contributed by atoms with Crippen LogP contribution in [0.15, 0.2) is 65.2 Å². The highest BCUT2D eigenvalue weighted by molar-refractivity contribution is 6.30. The van der Waals surface area contributed by atoms with E-state index >= 15 is 0 Å². The van der Waals surface area contributed by atoms with Gasteiger partial charge in [-0.2, -0.15) is 10.1 Å². The van der Waals surface area contributed by atoms with Gasteiger partial charge in [-0.05, 0) is 42.7 Å². The highest BCUT2D eigenvalue weighted by atomic mass is 35.5. The van der Waals surface area contributed by atoms with Crippen molar-refractivity contribution in [1.29, 1.82) is 0 Å². The topological polar surface area (TPSA) is 76.2 Å². The second kappa shape index (κ2) is 8.43. The van der Waals surface area contributed by atoms with E-state index in [4.69, 9.17) is 16.0 Å². The first-order chi connectivity index (χ1) is 15.2. The number of benzene rings is 2. The molecule has 3 heterocycles. The Kier molecular flexibility index (Phi) is 5.34. The van der Waals surface area contributed by atoms with Crippen molar-refractivity contribution < 1.29 is 9.21 Å². The fourth-order valence-corrected chi connectivity index (χ4v) is 4.01. The largest absolute Gasteiger partial charge is 0.423 e. The number of rotatable bonds is 5. The molecule has 1 N–H and O–H groups in total. The van der Waals surface area contributed by atoms with Gasteiger partial charge in [-0.3, -0.25) is 4.79 Å². The average Bonchev–Trinajstić information content (AvgIpc) is 3.42. The molecular weight excluding hydrogens is 414 g/mol. The maximum absolute atomic E-state index is 12.9. The summed E-state index contributed by atoms with van der Waals surface area (Å²) in [5, 5.41) is 8.09. The molecule has 0 atom stereocenters. The molecular formula is C23H22ClN5O2. The van der Waals surface area contributed by atoms with Crippen LogP contribution < -0.4 is 10.2 Å². The van der Waals surface area contributed by atoms with Crippen LogP contribution in [0.1, 0.15) is 18.4 Å². The third kappa shape index (κ3) is 4.27. The quantitative estimate of drug-likeness (QED) is 0.496. The zero-order valence-corrected chi connectivity index (χ0v) is 17.6. The molecule has 4 aromatic rings. The van der Waals surface area contributed by atoms with Gasteiger partial charge in [-0.15, -0.1) is 0 Å². The van der Waals surface area contributed by atoms with Crippen LogP contribution in [0, 0.1) is 5.92 Å². The monoisotopic (exact) mass is 435 g/mol. The van der Waals surface area contributed by atoms with E-state index in [1.165, 1.54) is 0 Å². The molecule has 0 radical (unpaired) electrons. The number of carbonyl (C=O) groups excluding carboxylic acids is 1. The Labute approximate surface area is 184 Å². The molecule has 31 heavy (non-hydrogen) atoms. The number of aromatic nitrogens is 3. The lowest BCUT2D eigenvalue weighted by atomic mass is 9.96. The number of hydrogen-bond acceptors (Lipinski definition) is 5. The van der Waals surface area contributed by atoms with E-state index < -0.39 is 0 Å². The van der Waals surface area contributed by atoms with Crippen molar-refractivity contribution in [3.05, 3.63) is 71.4 Å². The zero-order chi connectivity index (χ0) is 21.2. The Morgan fingerprint density at radius 3 is 2.65 bits per heavy atom. The molecule has 5 rings (SSSR count). The van der Waals surface area contributed by atoms with Gasteiger partial charge in [0.2, 0.25) is 5.91 Å². The number of hydrogen-bond donors (Lipinski definition) is 1. The van der Waals surface area contributed by atoms with E-state index in [0.29, 0.717) is 23.4 Å². The van der Waals surface area contributed by atoms with Crippen LogP contribution in [0.5, 0.6) is 0 Å². The Balaban J connectivity index is 1.19. The normalized spacial score (nSPS) is 14.8. The lowest BCUT2D eigenvalue weighted by Crippen LogP contribution is -2.38. The third-order valence-electron chi connectivity index (χ3n) is 5.63. The first kappa shape index (κ1) is 19.6. The number of oxazole rings is 1. The molecule has 0 unspecified atom stereocenters. The highest BCUT2D eigenvalue weighted by Gasteiger charge is 2.27. The van der Waals surface area contributed by atoms with Crippen molar-refractivity contribution in [2.45, 2.75) is 19.4 Å². The molecule has 0 saturated carbocycles. The van der Waals surface area contributed by atoms with Crippen LogP contribution >= 0.6 is 11.6 Å². The molecule has 0 spiro atoms. The number of piperidine rings is 1. The number of fused-ring (bicyclic) bond motifs is 1. The second-order valence-corrected chi connectivity index (χ2v) is 8.15. The summed E-state index contributed by atoms with van der Waals surface area (Å²) in [5.74, 6) is 0.663. The molecule has 1 aliphatic rings. The summed E-state index contributed by atoms with van der Waals surface area (Å²) < 4.78 is 7.65. The number of para-hydroxylation sites is 2. The Hall–Kier alpha value is -3.32. The van der Waals surface area contributed by atoms with Gasteiger partial charge in [0.15, 0.2) is 5.58 Å². The minimum absolute atomic E-state index is 0.0232. The molecule has 8 heteroatoms.